The molecular formula is C24H26BrF3N4O6S4. The van der Waals surface area contributed by atoms with Gasteiger partial charge in [0.2, 0.25) is 0 Å². The van der Waals surface area contributed by atoms with E-state index >= 15 is 0 Å². The summed E-state index contributed by atoms with van der Waals surface area (Å²) in [4.78, 5) is 11.5. The Morgan fingerprint density at radius 1 is 1.00 bits per heavy atom. The number of nitrogens with two attached hydrogens (primary N) is 1. The van der Waals surface area contributed by atoms with Gasteiger partial charge in [-0.15, -0.1) is 22.7 Å². The number of nitrogens with zero attached hydrogens (tertiary/aromatic N) is 1. The van der Waals surface area contributed by atoms with Crippen LogP contribution in [0.15, 0.2) is 59.1 Å². The van der Waals surface area contributed by atoms with Gasteiger partial charge in [0.05, 0.1) is 10.9 Å². The zero-order valence-electron chi connectivity index (χ0n) is 22.2. The minimum absolute atomic E-state index is 0.142. The van der Waals surface area contributed by atoms with Crippen molar-refractivity contribution >= 4 is 95.3 Å². The second kappa shape index (κ2) is 12.9. The van der Waals surface area contributed by atoms with Crippen molar-refractivity contribution in [1.29, 1.82) is 0 Å². The number of hydrogen-bond donors (Lipinski definition) is 3. The second-order valence-corrected chi connectivity index (χ2v) is 15.4. The van der Waals surface area contributed by atoms with Gasteiger partial charge >= 0.3 is 22.5 Å². The molecule has 0 saturated carbocycles. The Bertz CT molecular complexity index is 1750. The number of hydrogen-bond acceptors (Lipinski definition) is 8. The van der Waals surface area contributed by atoms with Crippen molar-refractivity contribution in [2.45, 2.75) is 39.0 Å². The molecule has 0 aliphatic carbocycles. The van der Waals surface area contributed by atoms with Crippen molar-refractivity contribution in [3.05, 3.63) is 59.1 Å². The molecule has 4 rings (SSSR count). The number of halogens is 4. The summed E-state index contributed by atoms with van der Waals surface area (Å²) in [6.45, 7) is 4.20. The third-order valence-electron chi connectivity index (χ3n) is 4.93. The van der Waals surface area contributed by atoms with Gasteiger partial charge < -0.3 is 4.74 Å². The van der Waals surface area contributed by atoms with Crippen LogP contribution in [-0.4, -0.2) is 41.3 Å². The molecule has 0 unspecified atom stereocenters. The number of rotatable bonds is 7. The lowest BCUT2D eigenvalue weighted by atomic mass is 10.2. The molecule has 0 saturated heterocycles. The average molecular weight is 732 g/mol. The third-order valence-corrected chi connectivity index (χ3v) is 10.4. The van der Waals surface area contributed by atoms with Gasteiger partial charge in [-0.25, -0.2) is 19.0 Å². The molecule has 0 spiro atoms. The van der Waals surface area contributed by atoms with Crippen LogP contribution in [0.5, 0.6) is 0 Å². The Kier molecular flexibility index (Phi) is 10.4. The predicted molar refractivity (Wildman–Crippen MR) is 164 cm³/mol. The van der Waals surface area contributed by atoms with E-state index in [0.717, 1.165) is 31.5 Å². The highest BCUT2D eigenvalue weighted by atomic mass is 79.9. The number of fused-ring (bicyclic) bond motifs is 2. The number of benzene rings is 2. The summed E-state index contributed by atoms with van der Waals surface area (Å²) >= 11 is 5.58. The van der Waals surface area contributed by atoms with E-state index in [4.69, 9.17) is 9.88 Å². The molecule has 4 N–H and O–H groups in total. The molecule has 2 heterocycles. The maximum atomic E-state index is 12.4. The lowest BCUT2D eigenvalue weighted by molar-refractivity contribution is -0.131. The van der Waals surface area contributed by atoms with Crippen molar-refractivity contribution in [3.63, 3.8) is 0 Å². The smallest absolute Gasteiger partial charge is 0.422 e. The molecule has 18 heteroatoms. The van der Waals surface area contributed by atoms with Crippen molar-refractivity contribution < 1.29 is 39.5 Å². The van der Waals surface area contributed by atoms with Crippen LogP contribution in [0.2, 0.25) is 0 Å². The fourth-order valence-corrected chi connectivity index (χ4v) is 8.45. The average Bonchev–Trinajstić information content (AvgIpc) is 3.36. The van der Waals surface area contributed by atoms with Gasteiger partial charge in [0.25, 0.3) is 10.2 Å². The SMILES string of the molecule is CC(C)(C)OC(=O)NS(=O)(=O)Nc1cc2ccccc2s1.NS(=O)(=O)N(CCC(F)(F)F)c1sc2ccccc2c1Br. The van der Waals surface area contributed by atoms with E-state index in [-0.39, 0.29) is 5.00 Å². The monoisotopic (exact) mass is 730 g/mol. The number of thiophene rings is 2. The molecule has 0 bridgehead atoms. The Labute approximate surface area is 257 Å². The highest BCUT2D eigenvalue weighted by molar-refractivity contribution is 9.10. The van der Waals surface area contributed by atoms with Crippen LogP contribution in [0.1, 0.15) is 27.2 Å². The molecule has 42 heavy (non-hydrogen) atoms. The van der Waals surface area contributed by atoms with E-state index in [9.17, 15) is 34.8 Å². The fourth-order valence-electron chi connectivity index (χ4n) is 3.33. The van der Waals surface area contributed by atoms with Crippen molar-refractivity contribution in [1.82, 2.24) is 4.72 Å². The summed E-state index contributed by atoms with van der Waals surface area (Å²) < 4.78 is 95.7. The zero-order chi connectivity index (χ0) is 31.5. The van der Waals surface area contributed by atoms with Crippen LogP contribution in [0.4, 0.5) is 28.0 Å². The number of carbonyl (C=O) groups excluding carboxylic acids is 1. The number of nitrogens with one attached hydrogen (secondary N) is 2. The number of amides is 1. The lowest BCUT2D eigenvalue weighted by Crippen LogP contribution is -2.39. The summed E-state index contributed by atoms with van der Waals surface area (Å²) in [6, 6.07) is 16.2. The highest BCUT2D eigenvalue weighted by Gasteiger charge is 2.32. The van der Waals surface area contributed by atoms with Gasteiger partial charge in [-0.2, -0.15) is 30.0 Å². The van der Waals surface area contributed by atoms with E-state index in [1.807, 2.05) is 29.0 Å². The van der Waals surface area contributed by atoms with Gasteiger partial charge in [0, 0.05) is 21.3 Å². The molecule has 1 amide bonds. The first-order chi connectivity index (χ1) is 19.2. The molecule has 0 fully saturated rings. The minimum atomic E-state index is -4.47. The third kappa shape index (κ3) is 9.98. The Hall–Kier alpha value is -2.64. The normalized spacial score (nSPS) is 12.5. The molecule has 2 aromatic carbocycles. The first-order valence-corrected chi connectivity index (χ1v) is 17.2. The number of anilines is 2. The van der Waals surface area contributed by atoms with Crippen molar-refractivity contribution in [2.75, 3.05) is 15.6 Å². The van der Waals surface area contributed by atoms with E-state index in [0.29, 0.717) is 13.8 Å². The lowest BCUT2D eigenvalue weighted by Gasteiger charge is -2.21. The summed E-state index contributed by atoms with van der Waals surface area (Å²) in [7, 11) is -8.31. The van der Waals surface area contributed by atoms with Crippen LogP contribution in [0.25, 0.3) is 20.2 Å². The molecule has 0 radical (unpaired) electrons. The summed E-state index contributed by atoms with van der Waals surface area (Å²) in [5.74, 6) is 0. The largest absolute Gasteiger partial charge is 0.443 e. The number of ether oxygens (including phenoxy) is 1. The summed E-state index contributed by atoms with van der Waals surface area (Å²) in [5.41, 5.74) is -0.767. The molecule has 10 nitrogen and oxygen atoms in total. The molecule has 4 aromatic rings. The van der Waals surface area contributed by atoms with Gasteiger partial charge in [-0.1, -0.05) is 36.4 Å². The predicted octanol–water partition coefficient (Wildman–Crippen LogP) is 6.71. The maximum Gasteiger partial charge on any atom is 0.422 e. The van der Waals surface area contributed by atoms with Crippen molar-refractivity contribution in [3.8, 4) is 0 Å². The zero-order valence-corrected chi connectivity index (χ0v) is 27.1. The van der Waals surface area contributed by atoms with Gasteiger partial charge in [0.15, 0.2) is 0 Å². The molecule has 2 aromatic heterocycles. The molecule has 0 aliphatic heterocycles. The second-order valence-electron chi connectivity index (χ2n) is 9.56. The fraction of sp³-hybridized carbons (Fsp3) is 0.292. The van der Waals surface area contributed by atoms with Crippen LogP contribution in [0.3, 0.4) is 0 Å². The minimum Gasteiger partial charge on any atom is -0.443 e. The van der Waals surface area contributed by atoms with Crippen LogP contribution in [0, 0.1) is 0 Å². The van der Waals surface area contributed by atoms with Crippen LogP contribution < -0.4 is 18.9 Å². The molecule has 0 atom stereocenters. The van der Waals surface area contributed by atoms with Gasteiger partial charge in [0.1, 0.15) is 15.6 Å². The van der Waals surface area contributed by atoms with E-state index in [1.165, 1.54) is 11.3 Å². The van der Waals surface area contributed by atoms with Crippen molar-refractivity contribution in [2.24, 2.45) is 5.14 Å². The molecule has 0 aliphatic rings. The van der Waals surface area contributed by atoms with E-state index < -0.39 is 51.3 Å². The first-order valence-electron chi connectivity index (χ1n) is 11.8. The van der Waals surface area contributed by atoms with Gasteiger partial charge in [-0.3, -0.25) is 4.72 Å². The quantitative estimate of drug-likeness (QED) is 0.193. The van der Waals surface area contributed by atoms with Crippen LogP contribution in [-0.2, 0) is 25.2 Å². The highest BCUT2D eigenvalue weighted by Crippen LogP contribution is 2.43. The van der Waals surface area contributed by atoms with E-state index in [1.54, 1.807) is 51.1 Å². The standard InChI is InChI=1S/C13H16N2O4S2.C11H10BrF3N2O2S2/c1-13(2,3)19-12(16)15-21(17,18)14-11-8-9-6-4-5-7-10(9)20-11;12-9-7-3-1-2-4-8(7)20-10(9)17(21(16,18)19)6-5-11(13,14)15/h4-8,14H,1-3H3,(H,15,16);1-4H,5-6H2,(H2,16,18,19). The molecule has 230 valence electrons. The maximum absolute atomic E-state index is 12.4. The van der Waals surface area contributed by atoms with Crippen LogP contribution >= 0.6 is 38.6 Å². The first kappa shape index (κ1) is 33.9. The Morgan fingerprint density at radius 2 is 1.60 bits per heavy atom. The number of carbonyl (C=O) groups is 1. The van der Waals surface area contributed by atoms with Gasteiger partial charge in [-0.05, 0) is 60.3 Å². The number of alkyl halides is 3. The Balaban J connectivity index is 0.000000230. The Morgan fingerprint density at radius 3 is 2.14 bits per heavy atom. The molecular weight excluding hydrogens is 705 g/mol. The topological polar surface area (TPSA) is 148 Å². The summed E-state index contributed by atoms with van der Waals surface area (Å²) in [6.07, 6.45) is -6.76. The summed E-state index contributed by atoms with van der Waals surface area (Å²) in [5, 5.41) is 7.26. The van der Waals surface area contributed by atoms with E-state index in [2.05, 4.69) is 20.7 Å².